The Labute approximate surface area is 153 Å². The average Bonchev–Trinajstić information content (AvgIpc) is 2.67. The fourth-order valence-corrected chi connectivity index (χ4v) is 4.13. The van der Waals surface area contributed by atoms with Gasteiger partial charge in [0.25, 0.3) is 0 Å². The topological polar surface area (TPSA) is 0 Å². The van der Waals surface area contributed by atoms with Crippen molar-refractivity contribution in [3.8, 4) is 11.1 Å². The Morgan fingerprint density at radius 3 is 1.96 bits per heavy atom. The van der Waals surface area contributed by atoms with E-state index in [1.807, 2.05) is 0 Å². The molecule has 0 heteroatoms. The summed E-state index contributed by atoms with van der Waals surface area (Å²) < 4.78 is 0. The summed E-state index contributed by atoms with van der Waals surface area (Å²) in [5.74, 6) is 0. The van der Waals surface area contributed by atoms with Gasteiger partial charge in [0.2, 0.25) is 0 Å². The molecule has 0 unspecified atom stereocenters. The molecule has 0 aliphatic rings. The summed E-state index contributed by atoms with van der Waals surface area (Å²) in [5, 5.41) is 7.85. The van der Waals surface area contributed by atoms with Gasteiger partial charge in [-0.25, -0.2) is 0 Å². The third-order valence-electron chi connectivity index (χ3n) is 5.58. The maximum absolute atomic E-state index is 2.36. The second-order valence-electron chi connectivity index (χ2n) is 7.14. The van der Waals surface area contributed by atoms with Crippen LogP contribution in [0.25, 0.3) is 43.4 Å². The summed E-state index contributed by atoms with van der Waals surface area (Å²) in [7, 11) is 0. The highest BCUT2D eigenvalue weighted by Gasteiger charge is 2.13. The second-order valence-corrected chi connectivity index (χ2v) is 7.14. The highest BCUT2D eigenvalue weighted by Crippen LogP contribution is 2.39. The molecular formula is C26H20. The zero-order chi connectivity index (χ0) is 17.7. The zero-order valence-corrected chi connectivity index (χ0v) is 15.1. The van der Waals surface area contributed by atoms with Gasteiger partial charge in [-0.2, -0.15) is 0 Å². The molecule has 5 rings (SSSR count). The maximum Gasteiger partial charge on any atom is -0.00670 e. The van der Waals surface area contributed by atoms with Gasteiger partial charge in [-0.05, 0) is 80.6 Å². The van der Waals surface area contributed by atoms with Crippen LogP contribution >= 0.6 is 0 Å². The molecule has 0 atom stereocenters. The molecule has 0 bridgehead atoms. The van der Waals surface area contributed by atoms with Gasteiger partial charge >= 0.3 is 0 Å². The molecule has 0 spiro atoms. The fraction of sp³-hybridized carbons (Fsp3) is 0.0769. The molecule has 26 heavy (non-hydrogen) atoms. The van der Waals surface area contributed by atoms with Crippen molar-refractivity contribution in [1.82, 2.24) is 0 Å². The van der Waals surface area contributed by atoms with Crippen LogP contribution in [0.1, 0.15) is 11.1 Å². The van der Waals surface area contributed by atoms with Crippen molar-refractivity contribution in [1.29, 1.82) is 0 Å². The summed E-state index contributed by atoms with van der Waals surface area (Å²) >= 11 is 0. The average molecular weight is 332 g/mol. The van der Waals surface area contributed by atoms with Gasteiger partial charge in [0.15, 0.2) is 0 Å². The van der Waals surface area contributed by atoms with Crippen molar-refractivity contribution in [2.45, 2.75) is 13.8 Å². The van der Waals surface area contributed by atoms with Crippen molar-refractivity contribution >= 4 is 32.3 Å². The van der Waals surface area contributed by atoms with E-state index in [2.05, 4.69) is 98.8 Å². The lowest BCUT2D eigenvalue weighted by Crippen LogP contribution is -1.92. The van der Waals surface area contributed by atoms with Gasteiger partial charge in [0, 0.05) is 0 Å². The Bertz CT molecular complexity index is 1290. The molecular weight excluding hydrogens is 312 g/mol. The van der Waals surface area contributed by atoms with Crippen molar-refractivity contribution in [3.05, 3.63) is 96.1 Å². The molecule has 0 N–H and O–H groups in total. The van der Waals surface area contributed by atoms with E-state index >= 15 is 0 Å². The Morgan fingerprint density at radius 2 is 1.15 bits per heavy atom. The first-order valence-corrected chi connectivity index (χ1v) is 9.13. The molecule has 0 saturated carbocycles. The Balaban J connectivity index is 1.97. The smallest absolute Gasteiger partial charge is 0.00670 e. The summed E-state index contributed by atoms with van der Waals surface area (Å²) in [6.07, 6.45) is 0. The molecule has 0 radical (unpaired) electrons. The first kappa shape index (κ1) is 15.2. The Kier molecular flexibility index (Phi) is 3.33. The highest BCUT2D eigenvalue weighted by atomic mass is 14.2. The third kappa shape index (κ3) is 2.23. The summed E-state index contributed by atoms with van der Waals surface area (Å²) in [6.45, 7) is 4.47. The normalized spacial score (nSPS) is 11.5. The SMILES string of the molecule is Cc1cc2cc3ccccc3cc2c(-c2cccc3ccccc23)c1C. The molecule has 0 saturated heterocycles. The van der Waals surface area contributed by atoms with Gasteiger partial charge < -0.3 is 0 Å². The van der Waals surface area contributed by atoms with Crippen molar-refractivity contribution in [2.24, 2.45) is 0 Å². The largest absolute Gasteiger partial charge is 0.0616 e. The lowest BCUT2D eigenvalue weighted by Gasteiger charge is -2.16. The van der Waals surface area contributed by atoms with Crippen LogP contribution in [0.5, 0.6) is 0 Å². The van der Waals surface area contributed by atoms with Crippen LogP contribution in [0.15, 0.2) is 84.9 Å². The van der Waals surface area contributed by atoms with E-state index in [0.29, 0.717) is 0 Å². The van der Waals surface area contributed by atoms with Crippen LogP contribution in [0.2, 0.25) is 0 Å². The van der Waals surface area contributed by atoms with Crippen LogP contribution < -0.4 is 0 Å². The van der Waals surface area contributed by atoms with Crippen LogP contribution in [-0.4, -0.2) is 0 Å². The zero-order valence-electron chi connectivity index (χ0n) is 15.1. The van der Waals surface area contributed by atoms with Crippen molar-refractivity contribution < 1.29 is 0 Å². The van der Waals surface area contributed by atoms with Gasteiger partial charge in [0.05, 0.1) is 0 Å². The maximum atomic E-state index is 2.36. The van der Waals surface area contributed by atoms with Crippen LogP contribution in [0.3, 0.4) is 0 Å². The minimum atomic E-state index is 1.29. The predicted octanol–water partition coefficient (Wildman–Crippen LogP) is 7.43. The molecule has 5 aromatic rings. The van der Waals surface area contributed by atoms with Crippen molar-refractivity contribution in [3.63, 3.8) is 0 Å². The number of benzene rings is 5. The first-order chi connectivity index (χ1) is 12.7. The fourth-order valence-electron chi connectivity index (χ4n) is 4.13. The monoisotopic (exact) mass is 332 g/mol. The molecule has 0 nitrogen and oxygen atoms in total. The Hall–Kier alpha value is -3.12. The quantitative estimate of drug-likeness (QED) is 0.280. The lowest BCUT2D eigenvalue weighted by molar-refractivity contribution is 1.37. The molecule has 0 aliphatic carbocycles. The van der Waals surface area contributed by atoms with Crippen LogP contribution in [-0.2, 0) is 0 Å². The standard InChI is InChI=1S/C26H20/c1-17-14-22-15-20-9-3-4-10-21(20)16-25(22)26(18(17)2)24-13-7-11-19-8-5-6-12-23(19)24/h3-16H,1-2H3. The molecule has 0 heterocycles. The molecule has 0 aromatic heterocycles. The van der Waals surface area contributed by atoms with Crippen molar-refractivity contribution in [2.75, 3.05) is 0 Å². The van der Waals surface area contributed by atoms with Crippen LogP contribution in [0.4, 0.5) is 0 Å². The number of aryl methyl sites for hydroxylation is 1. The minimum absolute atomic E-state index is 1.29. The molecule has 5 aromatic carbocycles. The minimum Gasteiger partial charge on any atom is -0.0616 e. The third-order valence-corrected chi connectivity index (χ3v) is 5.58. The predicted molar refractivity (Wildman–Crippen MR) is 114 cm³/mol. The summed E-state index contributed by atoms with van der Waals surface area (Å²) in [5.41, 5.74) is 5.40. The number of rotatable bonds is 1. The van der Waals surface area contributed by atoms with E-state index in [-0.39, 0.29) is 0 Å². The summed E-state index contributed by atoms with van der Waals surface area (Å²) in [4.78, 5) is 0. The van der Waals surface area contributed by atoms with Gasteiger partial charge in [-0.3, -0.25) is 0 Å². The van der Waals surface area contributed by atoms with E-state index in [9.17, 15) is 0 Å². The van der Waals surface area contributed by atoms with Gasteiger partial charge in [0.1, 0.15) is 0 Å². The van der Waals surface area contributed by atoms with Crippen LogP contribution in [0, 0.1) is 13.8 Å². The van der Waals surface area contributed by atoms with E-state index in [0.717, 1.165) is 0 Å². The highest BCUT2D eigenvalue weighted by molar-refractivity contribution is 6.10. The molecule has 124 valence electrons. The molecule has 0 amide bonds. The van der Waals surface area contributed by atoms with E-state index in [4.69, 9.17) is 0 Å². The number of fused-ring (bicyclic) bond motifs is 3. The molecule has 0 fully saturated rings. The van der Waals surface area contributed by atoms with E-state index < -0.39 is 0 Å². The van der Waals surface area contributed by atoms with E-state index in [1.165, 1.54) is 54.6 Å². The second kappa shape index (κ2) is 5.71. The van der Waals surface area contributed by atoms with Gasteiger partial charge in [-0.1, -0.05) is 72.8 Å². The number of hydrogen-bond donors (Lipinski definition) is 0. The molecule has 0 aliphatic heterocycles. The summed E-state index contributed by atoms with van der Waals surface area (Å²) in [6, 6.07) is 30.9. The van der Waals surface area contributed by atoms with E-state index in [1.54, 1.807) is 0 Å². The number of hydrogen-bond acceptors (Lipinski definition) is 0. The van der Waals surface area contributed by atoms with Gasteiger partial charge in [-0.15, -0.1) is 0 Å². The lowest BCUT2D eigenvalue weighted by atomic mass is 9.87. The first-order valence-electron chi connectivity index (χ1n) is 9.13. The Morgan fingerprint density at radius 1 is 0.500 bits per heavy atom.